The molecule has 9 heteroatoms. The van der Waals surface area contributed by atoms with Crippen molar-refractivity contribution in [3.63, 3.8) is 0 Å². The number of benzene rings is 2. The highest BCUT2D eigenvalue weighted by Gasteiger charge is 2.43. The number of nitrogens with zero attached hydrogens (tertiary/aromatic N) is 2. The lowest BCUT2D eigenvalue weighted by atomic mass is 10.1. The van der Waals surface area contributed by atoms with E-state index in [9.17, 15) is 22.8 Å². The number of hydrogen-bond acceptors (Lipinski definition) is 5. The molecule has 1 heterocycles. The minimum absolute atomic E-state index is 0.0423. The zero-order valence-electron chi connectivity index (χ0n) is 17.4. The Morgan fingerprint density at radius 1 is 1.03 bits per heavy atom. The normalized spacial score (nSPS) is 15.3. The van der Waals surface area contributed by atoms with Gasteiger partial charge >= 0.3 is 0 Å². The molecule has 2 aromatic rings. The molecular weight excluding hydrogens is 418 g/mol. The van der Waals surface area contributed by atoms with Gasteiger partial charge in [-0.25, -0.2) is 12.7 Å². The minimum atomic E-state index is -4.12. The van der Waals surface area contributed by atoms with Crippen LogP contribution in [0, 0.1) is 0 Å². The third-order valence-corrected chi connectivity index (χ3v) is 6.91. The van der Waals surface area contributed by atoms with Gasteiger partial charge in [0.25, 0.3) is 15.9 Å². The average Bonchev–Trinajstić information content (AvgIpc) is 2.95. The van der Waals surface area contributed by atoms with Gasteiger partial charge in [0.2, 0.25) is 11.8 Å². The first-order valence-electron chi connectivity index (χ1n) is 10.1. The second-order valence-corrected chi connectivity index (χ2v) is 8.97. The van der Waals surface area contributed by atoms with Crippen LogP contribution < -0.4 is 5.32 Å². The van der Waals surface area contributed by atoms with Crippen molar-refractivity contribution in [1.29, 1.82) is 0 Å². The smallest absolute Gasteiger partial charge is 0.269 e. The summed E-state index contributed by atoms with van der Waals surface area (Å²) in [5.41, 5.74) is 0.832. The summed E-state index contributed by atoms with van der Waals surface area (Å²) in [6, 6.07) is 14.2. The second kappa shape index (κ2) is 9.30. The third-order valence-electron chi connectivity index (χ3n) is 5.12. The first-order valence-corrected chi connectivity index (χ1v) is 11.5. The molecule has 3 amide bonds. The highest BCUT2D eigenvalue weighted by molar-refractivity contribution is 7.90. The molecule has 0 aromatic heterocycles. The number of hydrogen-bond donors (Lipinski definition) is 1. The van der Waals surface area contributed by atoms with Gasteiger partial charge in [0.1, 0.15) is 17.5 Å². The fourth-order valence-corrected chi connectivity index (χ4v) is 5.11. The number of carbonyl (C=O) groups is 3. The summed E-state index contributed by atoms with van der Waals surface area (Å²) < 4.78 is 26.3. The van der Waals surface area contributed by atoms with Gasteiger partial charge in [-0.05, 0) is 31.0 Å². The van der Waals surface area contributed by atoms with Crippen molar-refractivity contribution >= 4 is 27.7 Å². The first kappa shape index (κ1) is 22.5. The fraction of sp³-hybridized carbons (Fsp3) is 0.318. The van der Waals surface area contributed by atoms with E-state index in [2.05, 4.69) is 5.32 Å². The van der Waals surface area contributed by atoms with Crippen molar-refractivity contribution in [3.8, 4) is 0 Å². The molecule has 31 heavy (non-hydrogen) atoms. The Morgan fingerprint density at radius 3 is 2.29 bits per heavy atom. The zero-order chi connectivity index (χ0) is 22.6. The first-order chi connectivity index (χ1) is 14.8. The van der Waals surface area contributed by atoms with Crippen LogP contribution in [0.5, 0.6) is 0 Å². The fourth-order valence-electron chi connectivity index (χ4n) is 3.59. The Balaban J connectivity index is 1.91. The quantitative estimate of drug-likeness (QED) is 0.670. The van der Waals surface area contributed by atoms with Crippen LogP contribution in [0.2, 0.25) is 0 Å². The van der Waals surface area contributed by atoms with Crippen molar-refractivity contribution in [2.75, 3.05) is 13.1 Å². The van der Waals surface area contributed by atoms with E-state index >= 15 is 0 Å². The maximum Gasteiger partial charge on any atom is 0.269 e. The summed E-state index contributed by atoms with van der Waals surface area (Å²) in [6.45, 7) is 3.40. The van der Waals surface area contributed by atoms with E-state index in [4.69, 9.17) is 0 Å². The summed E-state index contributed by atoms with van der Waals surface area (Å²) in [4.78, 5) is 39.8. The number of carbonyl (C=O) groups excluding carboxylic acids is 3. The van der Waals surface area contributed by atoms with E-state index in [-0.39, 0.29) is 22.9 Å². The Morgan fingerprint density at radius 2 is 1.68 bits per heavy atom. The summed E-state index contributed by atoms with van der Waals surface area (Å²) >= 11 is 0. The standard InChI is InChI=1S/C22H25N3O5S/c1-3-18(21(27)23-4-2)24(14-16-10-6-5-7-11-16)20(26)15-25-22(28)17-12-8-9-13-19(17)31(25,29)30/h5-13,18H,3-4,14-15H2,1-2H3,(H,23,27)/t18-/m0/s1. The van der Waals surface area contributed by atoms with Crippen LogP contribution in [0.15, 0.2) is 59.5 Å². The topological polar surface area (TPSA) is 104 Å². The Bertz CT molecular complexity index is 1090. The van der Waals surface area contributed by atoms with Crippen molar-refractivity contribution in [3.05, 3.63) is 65.7 Å². The molecule has 164 valence electrons. The van der Waals surface area contributed by atoms with Gasteiger partial charge < -0.3 is 10.2 Å². The van der Waals surface area contributed by atoms with Crippen molar-refractivity contribution in [2.24, 2.45) is 0 Å². The summed E-state index contributed by atoms with van der Waals surface area (Å²) in [6.07, 6.45) is 0.339. The van der Waals surface area contributed by atoms with Crippen LogP contribution in [-0.2, 0) is 26.2 Å². The number of sulfonamides is 1. The molecule has 1 aliphatic rings. The predicted octanol–water partition coefficient (Wildman–Crippen LogP) is 1.77. The molecule has 1 N–H and O–H groups in total. The molecule has 0 unspecified atom stereocenters. The number of amides is 3. The van der Waals surface area contributed by atoms with Gasteiger partial charge in [0.05, 0.1) is 5.56 Å². The lowest BCUT2D eigenvalue weighted by Gasteiger charge is -2.31. The van der Waals surface area contributed by atoms with E-state index in [0.29, 0.717) is 17.3 Å². The van der Waals surface area contributed by atoms with Crippen molar-refractivity contribution in [2.45, 2.75) is 37.8 Å². The number of likely N-dealkylation sites (N-methyl/N-ethyl adjacent to an activating group) is 1. The highest BCUT2D eigenvalue weighted by Crippen LogP contribution is 2.30. The van der Waals surface area contributed by atoms with Crippen LogP contribution in [0.1, 0.15) is 36.2 Å². The van der Waals surface area contributed by atoms with E-state index in [1.807, 2.05) is 30.3 Å². The lowest BCUT2D eigenvalue weighted by Crippen LogP contribution is -2.52. The Hall–Kier alpha value is -3.20. The highest BCUT2D eigenvalue weighted by atomic mass is 32.2. The van der Waals surface area contributed by atoms with E-state index < -0.39 is 34.4 Å². The third kappa shape index (κ3) is 4.46. The Kier molecular flexibility index (Phi) is 6.74. The van der Waals surface area contributed by atoms with Gasteiger partial charge in [0, 0.05) is 13.1 Å². The van der Waals surface area contributed by atoms with E-state index in [1.165, 1.54) is 23.1 Å². The molecule has 1 atom stereocenters. The predicted molar refractivity (Wildman–Crippen MR) is 114 cm³/mol. The number of nitrogens with one attached hydrogen (secondary N) is 1. The lowest BCUT2D eigenvalue weighted by molar-refractivity contribution is -0.141. The molecule has 1 aliphatic heterocycles. The summed E-state index contributed by atoms with van der Waals surface area (Å²) in [5, 5.41) is 2.72. The van der Waals surface area contributed by atoms with Gasteiger partial charge in [-0.2, -0.15) is 0 Å². The van der Waals surface area contributed by atoms with Crippen molar-refractivity contribution in [1.82, 2.24) is 14.5 Å². The average molecular weight is 444 g/mol. The number of fused-ring (bicyclic) bond motifs is 1. The maximum absolute atomic E-state index is 13.3. The SMILES string of the molecule is CCNC(=O)[C@H](CC)N(Cc1ccccc1)C(=O)CN1C(=O)c2ccccc2S1(=O)=O. The van der Waals surface area contributed by atoms with Crippen LogP contribution in [0.3, 0.4) is 0 Å². The summed E-state index contributed by atoms with van der Waals surface area (Å²) in [5.74, 6) is -1.69. The van der Waals surface area contributed by atoms with E-state index in [0.717, 1.165) is 5.56 Å². The van der Waals surface area contributed by atoms with Crippen molar-refractivity contribution < 1.29 is 22.8 Å². The van der Waals surface area contributed by atoms with Gasteiger partial charge in [0.15, 0.2) is 0 Å². The van der Waals surface area contributed by atoms with Crippen LogP contribution >= 0.6 is 0 Å². The minimum Gasteiger partial charge on any atom is -0.355 e. The molecule has 8 nitrogen and oxygen atoms in total. The van der Waals surface area contributed by atoms with E-state index in [1.54, 1.807) is 19.9 Å². The molecule has 2 aromatic carbocycles. The number of rotatable bonds is 8. The van der Waals surface area contributed by atoms with Crippen LogP contribution in [-0.4, -0.2) is 54.5 Å². The molecule has 3 rings (SSSR count). The van der Waals surface area contributed by atoms with Crippen LogP contribution in [0.4, 0.5) is 0 Å². The van der Waals surface area contributed by atoms with Gasteiger partial charge in [-0.3, -0.25) is 14.4 Å². The van der Waals surface area contributed by atoms with Gasteiger partial charge in [-0.15, -0.1) is 0 Å². The largest absolute Gasteiger partial charge is 0.355 e. The molecule has 0 saturated heterocycles. The molecule has 0 fully saturated rings. The maximum atomic E-state index is 13.3. The Labute approximate surface area is 181 Å². The monoisotopic (exact) mass is 443 g/mol. The zero-order valence-corrected chi connectivity index (χ0v) is 18.3. The molecule has 0 spiro atoms. The molecule has 0 bridgehead atoms. The van der Waals surface area contributed by atoms with Gasteiger partial charge in [-0.1, -0.05) is 49.4 Å². The summed E-state index contributed by atoms with van der Waals surface area (Å²) in [7, 11) is -4.12. The molecular formula is C22H25N3O5S. The van der Waals surface area contributed by atoms with Crippen LogP contribution in [0.25, 0.3) is 0 Å². The molecule has 0 radical (unpaired) electrons. The molecule has 0 saturated carbocycles. The second-order valence-electron chi connectivity index (χ2n) is 7.14. The molecule has 0 aliphatic carbocycles.